The van der Waals surface area contributed by atoms with Crippen LogP contribution >= 0.6 is 0 Å². The summed E-state index contributed by atoms with van der Waals surface area (Å²) < 4.78 is 28.8. The number of allylic oxidation sites excluding steroid dienone is 1. The van der Waals surface area contributed by atoms with Gasteiger partial charge in [0.1, 0.15) is 28.9 Å². The monoisotopic (exact) mass is 542 g/mol. The molecular formula is C32H34N2O6. The number of hydrogen-bond donors (Lipinski definition) is 1. The number of benzene rings is 3. The lowest BCUT2D eigenvalue weighted by molar-refractivity contribution is 0.0734. The van der Waals surface area contributed by atoms with Gasteiger partial charge in [0.15, 0.2) is 11.5 Å². The molecule has 0 radical (unpaired) electrons. The molecule has 0 saturated heterocycles. The average molecular weight is 543 g/mol. The SMILES string of the molecule is CCCCOc1cccc(C(=O)Oc2ccc3c(c2)OC(N)=C(C#N)C3c2ccc(OCCC)c(OCC)c2)c1. The number of rotatable bonds is 12. The molecule has 8 nitrogen and oxygen atoms in total. The van der Waals surface area contributed by atoms with E-state index in [1.165, 1.54) is 0 Å². The van der Waals surface area contributed by atoms with E-state index >= 15 is 0 Å². The van der Waals surface area contributed by atoms with Crippen molar-refractivity contribution in [1.82, 2.24) is 0 Å². The van der Waals surface area contributed by atoms with E-state index in [-0.39, 0.29) is 17.2 Å². The van der Waals surface area contributed by atoms with E-state index in [1.807, 2.05) is 32.0 Å². The molecule has 1 atom stereocenters. The molecule has 0 spiro atoms. The number of nitrogens with two attached hydrogens (primary N) is 1. The van der Waals surface area contributed by atoms with Gasteiger partial charge in [-0.2, -0.15) is 5.26 Å². The van der Waals surface area contributed by atoms with Crippen molar-refractivity contribution in [2.75, 3.05) is 19.8 Å². The average Bonchev–Trinajstić information content (AvgIpc) is 2.96. The number of fused-ring (bicyclic) bond motifs is 1. The van der Waals surface area contributed by atoms with Crippen LogP contribution in [0.1, 0.15) is 67.4 Å². The van der Waals surface area contributed by atoms with Gasteiger partial charge in [-0.3, -0.25) is 0 Å². The van der Waals surface area contributed by atoms with Crippen LogP contribution in [-0.4, -0.2) is 25.8 Å². The van der Waals surface area contributed by atoms with Crippen LogP contribution in [0.3, 0.4) is 0 Å². The van der Waals surface area contributed by atoms with Crippen LogP contribution in [0.2, 0.25) is 0 Å². The maximum Gasteiger partial charge on any atom is 0.343 e. The summed E-state index contributed by atoms with van der Waals surface area (Å²) in [6, 6.07) is 19.7. The number of esters is 1. The van der Waals surface area contributed by atoms with Crippen molar-refractivity contribution in [1.29, 1.82) is 5.26 Å². The van der Waals surface area contributed by atoms with Crippen molar-refractivity contribution in [3.05, 3.63) is 88.8 Å². The Morgan fingerprint density at radius 3 is 2.52 bits per heavy atom. The van der Waals surface area contributed by atoms with Crippen LogP contribution in [0.5, 0.6) is 28.7 Å². The Balaban J connectivity index is 1.61. The molecule has 1 heterocycles. The van der Waals surface area contributed by atoms with Crippen molar-refractivity contribution >= 4 is 5.97 Å². The zero-order chi connectivity index (χ0) is 28.5. The minimum atomic E-state index is -0.529. The summed E-state index contributed by atoms with van der Waals surface area (Å²) in [5, 5.41) is 9.95. The first-order valence-electron chi connectivity index (χ1n) is 13.5. The molecule has 1 unspecified atom stereocenters. The lowest BCUT2D eigenvalue weighted by Crippen LogP contribution is -2.21. The number of ether oxygens (including phenoxy) is 5. The second-order valence-corrected chi connectivity index (χ2v) is 9.23. The fourth-order valence-corrected chi connectivity index (χ4v) is 4.36. The van der Waals surface area contributed by atoms with Gasteiger partial charge in [-0.15, -0.1) is 0 Å². The standard InChI is InChI=1S/C32H34N2O6/c1-4-7-16-37-23-10-8-9-22(17-23)32(35)39-24-12-13-25-28(19-24)40-31(34)26(20-33)30(25)21-11-14-27(38-15-5-2)29(18-21)36-6-3/h8-14,17-19,30H,4-7,15-16,34H2,1-3H3. The Labute approximate surface area is 234 Å². The second-order valence-electron chi connectivity index (χ2n) is 9.23. The fraction of sp³-hybridized carbons (Fsp3) is 0.312. The zero-order valence-corrected chi connectivity index (χ0v) is 23.1. The highest BCUT2D eigenvalue weighted by Gasteiger charge is 2.32. The predicted octanol–water partition coefficient (Wildman–Crippen LogP) is 6.49. The molecule has 208 valence electrons. The zero-order valence-electron chi connectivity index (χ0n) is 23.1. The van der Waals surface area contributed by atoms with E-state index in [1.54, 1.807) is 42.5 Å². The first-order chi connectivity index (χ1) is 19.5. The van der Waals surface area contributed by atoms with Crippen LogP contribution in [0.4, 0.5) is 0 Å². The Morgan fingerprint density at radius 1 is 0.925 bits per heavy atom. The Bertz CT molecular complexity index is 1430. The maximum absolute atomic E-state index is 12.9. The number of carbonyl (C=O) groups is 1. The van der Waals surface area contributed by atoms with E-state index in [9.17, 15) is 10.1 Å². The first-order valence-corrected chi connectivity index (χ1v) is 13.5. The van der Waals surface area contributed by atoms with Crippen molar-refractivity contribution in [3.8, 4) is 34.8 Å². The lowest BCUT2D eigenvalue weighted by atomic mass is 9.83. The number of carbonyl (C=O) groups excluding carboxylic acids is 1. The van der Waals surface area contributed by atoms with E-state index < -0.39 is 11.9 Å². The molecule has 3 aromatic rings. The molecule has 0 amide bonds. The third kappa shape index (κ3) is 6.49. The van der Waals surface area contributed by atoms with Crippen molar-refractivity contribution in [2.24, 2.45) is 5.73 Å². The summed E-state index contributed by atoms with van der Waals surface area (Å²) >= 11 is 0. The quantitative estimate of drug-likeness (QED) is 0.157. The van der Waals surface area contributed by atoms with Gasteiger partial charge in [-0.05, 0) is 61.7 Å². The number of unbranched alkanes of at least 4 members (excludes halogenated alkanes) is 1. The normalized spacial score (nSPS) is 14.0. The summed E-state index contributed by atoms with van der Waals surface area (Å²) in [7, 11) is 0. The van der Waals surface area contributed by atoms with Crippen LogP contribution in [0.15, 0.2) is 72.1 Å². The first kappa shape index (κ1) is 28.4. The molecule has 2 N–H and O–H groups in total. The van der Waals surface area contributed by atoms with E-state index in [4.69, 9.17) is 29.4 Å². The van der Waals surface area contributed by atoms with Gasteiger partial charge >= 0.3 is 5.97 Å². The molecular weight excluding hydrogens is 508 g/mol. The van der Waals surface area contributed by atoms with Gasteiger partial charge in [0.2, 0.25) is 5.88 Å². The van der Waals surface area contributed by atoms with E-state index in [2.05, 4.69) is 13.0 Å². The summed E-state index contributed by atoms with van der Waals surface area (Å²) in [5.41, 5.74) is 8.34. The smallest absolute Gasteiger partial charge is 0.343 e. The molecule has 8 heteroatoms. The Kier molecular flexibility index (Phi) is 9.53. The van der Waals surface area contributed by atoms with Gasteiger partial charge in [0.05, 0.1) is 31.3 Å². The minimum Gasteiger partial charge on any atom is -0.494 e. The van der Waals surface area contributed by atoms with Gasteiger partial charge in [0, 0.05) is 11.6 Å². The summed E-state index contributed by atoms with van der Waals surface area (Å²) in [5.74, 6) is 1.47. The number of nitriles is 1. The highest BCUT2D eigenvalue weighted by atomic mass is 16.5. The highest BCUT2D eigenvalue weighted by Crippen LogP contribution is 2.45. The van der Waals surface area contributed by atoms with E-state index in [0.29, 0.717) is 53.9 Å². The summed E-state index contributed by atoms with van der Waals surface area (Å²) in [6.07, 6.45) is 2.81. The van der Waals surface area contributed by atoms with Gasteiger partial charge in [-0.1, -0.05) is 38.5 Å². The van der Waals surface area contributed by atoms with Crippen LogP contribution in [-0.2, 0) is 0 Å². The van der Waals surface area contributed by atoms with Crippen molar-refractivity contribution in [3.63, 3.8) is 0 Å². The molecule has 1 aliphatic heterocycles. The molecule has 3 aromatic carbocycles. The third-order valence-electron chi connectivity index (χ3n) is 6.30. The minimum absolute atomic E-state index is 0.00956. The second kappa shape index (κ2) is 13.4. The topological polar surface area (TPSA) is 113 Å². The van der Waals surface area contributed by atoms with Gasteiger partial charge in [-0.25, -0.2) is 4.79 Å². The molecule has 0 saturated carbocycles. The lowest BCUT2D eigenvalue weighted by Gasteiger charge is -2.27. The Hall–Kier alpha value is -4.64. The molecule has 0 aromatic heterocycles. The third-order valence-corrected chi connectivity index (χ3v) is 6.30. The fourth-order valence-electron chi connectivity index (χ4n) is 4.36. The molecule has 40 heavy (non-hydrogen) atoms. The van der Waals surface area contributed by atoms with E-state index in [0.717, 1.165) is 24.8 Å². The summed E-state index contributed by atoms with van der Waals surface area (Å²) in [4.78, 5) is 12.9. The number of hydrogen-bond acceptors (Lipinski definition) is 8. The van der Waals surface area contributed by atoms with Gasteiger partial charge < -0.3 is 29.4 Å². The summed E-state index contributed by atoms with van der Waals surface area (Å²) in [6.45, 7) is 7.63. The Morgan fingerprint density at radius 2 is 1.77 bits per heavy atom. The molecule has 0 bridgehead atoms. The molecule has 1 aliphatic rings. The number of nitrogens with zero attached hydrogens (tertiary/aromatic N) is 1. The molecule has 0 aliphatic carbocycles. The molecule has 0 fully saturated rings. The van der Waals surface area contributed by atoms with Crippen LogP contribution in [0.25, 0.3) is 0 Å². The van der Waals surface area contributed by atoms with Crippen LogP contribution in [0, 0.1) is 11.3 Å². The predicted molar refractivity (Wildman–Crippen MR) is 151 cm³/mol. The maximum atomic E-state index is 12.9. The van der Waals surface area contributed by atoms with Crippen molar-refractivity contribution in [2.45, 2.75) is 46.0 Å². The van der Waals surface area contributed by atoms with Gasteiger partial charge in [0.25, 0.3) is 0 Å². The van der Waals surface area contributed by atoms with Crippen LogP contribution < -0.4 is 29.4 Å². The molecule has 4 rings (SSSR count). The highest BCUT2D eigenvalue weighted by molar-refractivity contribution is 5.91. The van der Waals surface area contributed by atoms with Crippen molar-refractivity contribution < 1.29 is 28.5 Å². The largest absolute Gasteiger partial charge is 0.494 e.